The van der Waals surface area contributed by atoms with E-state index in [0.29, 0.717) is 0 Å². The van der Waals surface area contributed by atoms with Gasteiger partial charge in [-0.1, -0.05) is 0 Å². The third-order valence-electron chi connectivity index (χ3n) is 1.48. The van der Waals surface area contributed by atoms with Crippen LogP contribution in [-0.2, 0) is 6.42 Å². The molecule has 0 aromatic carbocycles. The van der Waals surface area contributed by atoms with Crippen molar-refractivity contribution in [3.63, 3.8) is 0 Å². The van der Waals surface area contributed by atoms with Crippen LogP contribution < -0.4 is 0 Å². The van der Waals surface area contributed by atoms with Gasteiger partial charge in [-0.3, -0.25) is 0 Å². The predicted octanol–water partition coefficient (Wildman–Crippen LogP) is 1.98. The molecule has 0 amide bonds. The largest absolute Gasteiger partial charge is 0.393 e. The Hall–Kier alpha value is -0.340. The predicted molar refractivity (Wildman–Crippen MR) is 44.4 cm³/mol. The average molecular weight is 156 g/mol. The van der Waals surface area contributed by atoms with Gasteiger partial charge in [0.15, 0.2) is 0 Å². The molecule has 1 aromatic rings. The van der Waals surface area contributed by atoms with E-state index in [0.717, 1.165) is 6.42 Å². The minimum Gasteiger partial charge on any atom is -0.393 e. The second kappa shape index (κ2) is 3.17. The van der Waals surface area contributed by atoms with Gasteiger partial charge in [-0.15, -0.1) is 0 Å². The molecule has 2 heteroatoms. The molecule has 56 valence electrons. The van der Waals surface area contributed by atoms with Crippen LogP contribution in [0, 0.1) is 6.92 Å². The van der Waals surface area contributed by atoms with E-state index in [2.05, 4.69) is 17.7 Å². The Morgan fingerprint density at radius 3 is 2.70 bits per heavy atom. The highest BCUT2D eigenvalue weighted by Gasteiger charge is 2.01. The minimum absolute atomic E-state index is 0.215. The van der Waals surface area contributed by atoms with Crippen LogP contribution in [0.5, 0.6) is 0 Å². The lowest BCUT2D eigenvalue weighted by atomic mass is 10.1. The third-order valence-corrected chi connectivity index (χ3v) is 2.39. The SMILES string of the molecule is Cc1cscc1CC(C)O. The first-order valence-corrected chi connectivity index (χ1v) is 4.34. The van der Waals surface area contributed by atoms with Crippen LogP contribution in [0.3, 0.4) is 0 Å². The van der Waals surface area contributed by atoms with E-state index < -0.39 is 0 Å². The minimum atomic E-state index is -0.215. The maximum Gasteiger partial charge on any atom is 0.0552 e. The number of thiophene rings is 1. The first kappa shape index (κ1) is 7.76. The molecule has 0 spiro atoms. The zero-order valence-corrected chi connectivity index (χ0v) is 7.11. The van der Waals surface area contributed by atoms with Crippen LogP contribution in [0.4, 0.5) is 0 Å². The van der Waals surface area contributed by atoms with Crippen molar-refractivity contribution in [2.45, 2.75) is 26.4 Å². The third kappa shape index (κ3) is 1.82. The normalized spacial score (nSPS) is 13.5. The zero-order valence-electron chi connectivity index (χ0n) is 6.29. The summed E-state index contributed by atoms with van der Waals surface area (Å²) in [5, 5.41) is 13.3. The van der Waals surface area contributed by atoms with Crippen molar-refractivity contribution in [1.29, 1.82) is 0 Å². The summed E-state index contributed by atoms with van der Waals surface area (Å²) in [6, 6.07) is 0. The molecule has 0 aliphatic carbocycles. The molecule has 1 aromatic heterocycles. The number of rotatable bonds is 2. The molecule has 0 saturated carbocycles. The van der Waals surface area contributed by atoms with Gasteiger partial charge in [0.05, 0.1) is 6.10 Å². The van der Waals surface area contributed by atoms with Gasteiger partial charge in [0, 0.05) is 0 Å². The van der Waals surface area contributed by atoms with E-state index in [9.17, 15) is 0 Å². The summed E-state index contributed by atoms with van der Waals surface area (Å²) in [4.78, 5) is 0. The van der Waals surface area contributed by atoms with Crippen LogP contribution in [-0.4, -0.2) is 11.2 Å². The van der Waals surface area contributed by atoms with Crippen LogP contribution in [0.1, 0.15) is 18.1 Å². The molecule has 1 unspecified atom stereocenters. The van der Waals surface area contributed by atoms with Crippen LogP contribution >= 0.6 is 11.3 Å². The van der Waals surface area contributed by atoms with Crippen LogP contribution in [0.15, 0.2) is 10.8 Å². The zero-order chi connectivity index (χ0) is 7.56. The fourth-order valence-electron chi connectivity index (χ4n) is 0.914. The highest BCUT2D eigenvalue weighted by Crippen LogP contribution is 2.15. The molecule has 1 rings (SSSR count). The summed E-state index contributed by atoms with van der Waals surface area (Å²) < 4.78 is 0. The smallest absolute Gasteiger partial charge is 0.0552 e. The van der Waals surface area contributed by atoms with Crippen LogP contribution in [0.2, 0.25) is 0 Å². The number of aliphatic hydroxyl groups is 1. The van der Waals surface area contributed by atoms with Crippen molar-refractivity contribution in [3.8, 4) is 0 Å². The maximum atomic E-state index is 9.05. The Bertz CT molecular complexity index is 203. The monoisotopic (exact) mass is 156 g/mol. The standard InChI is InChI=1S/C8H12OS/c1-6-4-10-5-8(6)3-7(2)9/h4-5,7,9H,3H2,1-2H3. The lowest BCUT2D eigenvalue weighted by Crippen LogP contribution is -2.03. The summed E-state index contributed by atoms with van der Waals surface area (Å²) >= 11 is 1.70. The molecular weight excluding hydrogens is 144 g/mol. The Balaban J connectivity index is 2.65. The molecular formula is C8H12OS. The molecule has 1 atom stereocenters. The maximum absolute atomic E-state index is 9.05. The van der Waals surface area contributed by atoms with Gasteiger partial charge in [0.1, 0.15) is 0 Å². The molecule has 0 radical (unpaired) electrons. The Labute approximate surface area is 65.3 Å². The van der Waals surface area contributed by atoms with Crippen molar-refractivity contribution < 1.29 is 5.11 Å². The summed E-state index contributed by atoms with van der Waals surface area (Å²) in [5.74, 6) is 0. The first-order chi connectivity index (χ1) is 4.70. The van der Waals surface area contributed by atoms with Gasteiger partial charge < -0.3 is 5.11 Å². The number of aryl methyl sites for hydroxylation is 1. The van der Waals surface area contributed by atoms with Gasteiger partial charge >= 0.3 is 0 Å². The average Bonchev–Trinajstić information content (AvgIpc) is 2.15. The van der Waals surface area contributed by atoms with E-state index in [1.165, 1.54) is 11.1 Å². The van der Waals surface area contributed by atoms with Gasteiger partial charge in [-0.05, 0) is 42.2 Å². The van der Waals surface area contributed by atoms with Crippen molar-refractivity contribution in [2.75, 3.05) is 0 Å². The van der Waals surface area contributed by atoms with Crippen molar-refractivity contribution in [2.24, 2.45) is 0 Å². The van der Waals surface area contributed by atoms with Crippen molar-refractivity contribution >= 4 is 11.3 Å². The second-order valence-corrected chi connectivity index (χ2v) is 3.38. The highest BCUT2D eigenvalue weighted by atomic mass is 32.1. The van der Waals surface area contributed by atoms with Gasteiger partial charge in [0.2, 0.25) is 0 Å². The molecule has 0 aliphatic heterocycles. The van der Waals surface area contributed by atoms with Gasteiger partial charge in [-0.25, -0.2) is 0 Å². The summed E-state index contributed by atoms with van der Waals surface area (Å²) in [5.41, 5.74) is 2.57. The lowest BCUT2D eigenvalue weighted by molar-refractivity contribution is 0.195. The molecule has 0 aliphatic rings. The molecule has 0 bridgehead atoms. The summed E-state index contributed by atoms with van der Waals surface area (Å²) in [6.45, 7) is 3.89. The number of hydrogen-bond acceptors (Lipinski definition) is 2. The number of hydrogen-bond donors (Lipinski definition) is 1. The lowest BCUT2D eigenvalue weighted by Gasteiger charge is -2.01. The van der Waals surface area contributed by atoms with Crippen molar-refractivity contribution in [1.82, 2.24) is 0 Å². The van der Waals surface area contributed by atoms with E-state index >= 15 is 0 Å². The first-order valence-electron chi connectivity index (χ1n) is 3.40. The summed E-state index contributed by atoms with van der Waals surface area (Å²) in [6.07, 6.45) is 0.572. The Kier molecular flexibility index (Phi) is 2.46. The molecule has 0 fully saturated rings. The van der Waals surface area contributed by atoms with E-state index in [-0.39, 0.29) is 6.10 Å². The van der Waals surface area contributed by atoms with Gasteiger partial charge in [-0.2, -0.15) is 11.3 Å². The quantitative estimate of drug-likeness (QED) is 0.694. The highest BCUT2D eigenvalue weighted by molar-refractivity contribution is 7.08. The van der Waals surface area contributed by atoms with Crippen molar-refractivity contribution in [3.05, 3.63) is 21.9 Å². The second-order valence-electron chi connectivity index (χ2n) is 2.63. The fraction of sp³-hybridized carbons (Fsp3) is 0.500. The van der Waals surface area contributed by atoms with E-state index in [1.807, 2.05) is 6.92 Å². The molecule has 1 nitrogen and oxygen atoms in total. The molecule has 1 heterocycles. The summed E-state index contributed by atoms with van der Waals surface area (Å²) in [7, 11) is 0. The molecule has 1 N–H and O–H groups in total. The molecule has 10 heavy (non-hydrogen) atoms. The van der Waals surface area contributed by atoms with Crippen LogP contribution in [0.25, 0.3) is 0 Å². The Morgan fingerprint density at radius 2 is 2.30 bits per heavy atom. The molecule has 0 saturated heterocycles. The van der Waals surface area contributed by atoms with E-state index in [1.54, 1.807) is 11.3 Å². The Morgan fingerprint density at radius 1 is 1.60 bits per heavy atom. The fourth-order valence-corrected chi connectivity index (χ4v) is 1.78. The topological polar surface area (TPSA) is 20.2 Å². The van der Waals surface area contributed by atoms with Gasteiger partial charge in [0.25, 0.3) is 0 Å². The van der Waals surface area contributed by atoms with E-state index in [4.69, 9.17) is 5.11 Å². The number of aliphatic hydroxyl groups excluding tert-OH is 1.